The highest BCUT2D eigenvalue weighted by atomic mass is 16.4. The average molecular weight is 289 g/mol. The number of hydrogen-bond acceptors (Lipinski definition) is 2. The lowest BCUT2D eigenvalue weighted by Crippen LogP contribution is -2.53. The van der Waals surface area contributed by atoms with Gasteiger partial charge in [-0.3, -0.25) is 4.79 Å². The molecule has 0 aliphatic rings. The van der Waals surface area contributed by atoms with Crippen LogP contribution < -0.4 is 5.32 Å². The average Bonchev–Trinajstić information content (AvgIpc) is 2.43. The highest BCUT2D eigenvalue weighted by Gasteiger charge is 2.35. The molecule has 1 aromatic carbocycles. The van der Waals surface area contributed by atoms with Crippen molar-refractivity contribution in [1.29, 1.82) is 0 Å². The van der Waals surface area contributed by atoms with Crippen molar-refractivity contribution in [2.45, 2.75) is 46.1 Å². The normalized spacial score (nSPS) is 11.6. The second kappa shape index (κ2) is 7.07. The lowest BCUT2D eigenvalue weighted by atomic mass is 9.93. The summed E-state index contributed by atoms with van der Waals surface area (Å²) in [7, 11) is 0. The van der Waals surface area contributed by atoms with Gasteiger partial charge in [0.1, 0.15) is 5.54 Å². The first-order valence-corrected chi connectivity index (χ1v) is 7.15. The smallest absolute Gasteiger partial charge is 0.329 e. The molecule has 0 spiro atoms. The standard InChI is InChI=1S/C17H23NO3/c1-5-17(6-2,16(20)21)18-15(19)10-9-14-8-7-12(3)11-13(14)4/h7-11H,5-6H2,1-4H3,(H,18,19)(H,20,21). The number of aliphatic carboxylic acids is 1. The van der Waals surface area contributed by atoms with E-state index in [9.17, 15) is 14.7 Å². The van der Waals surface area contributed by atoms with Crippen molar-refractivity contribution < 1.29 is 14.7 Å². The number of amides is 1. The minimum atomic E-state index is -1.19. The van der Waals surface area contributed by atoms with E-state index in [0.29, 0.717) is 12.8 Å². The summed E-state index contributed by atoms with van der Waals surface area (Å²) in [5, 5.41) is 11.9. The fourth-order valence-corrected chi connectivity index (χ4v) is 2.24. The van der Waals surface area contributed by atoms with E-state index in [1.54, 1.807) is 19.9 Å². The van der Waals surface area contributed by atoms with Crippen molar-refractivity contribution in [3.8, 4) is 0 Å². The van der Waals surface area contributed by atoms with E-state index < -0.39 is 11.5 Å². The molecule has 0 radical (unpaired) electrons. The first-order valence-electron chi connectivity index (χ1n) is 7.15. The van der Waals surface area contributed by atoms with E-state index in [1.807, 2.05) is 32.0 Å². The van der Waals surface area contributed by atoms with Gasteiger partial charge in [-0.1, -0.05) is 37.6 Å². The van der Waals surface area contributed by atoms with E-state index in [1.165, 1.54) is 6.08 Å². The number of nitrogens with one attached hydrogen (secondary N) is 1. The van der Waals surface area contributed by atoms with Crippen molar-refractivity contribution in [3.05, 3.63) is 41.0 Å². The van der Waals surface area contributed by atoms with Gasteiger partial charge >= 0.3 is 5.97 Å². The molecule has 0 bridgehead atoms. The Morgan fingerprint density at radius 3 is 2.33 bits per heavy atom. The fraction of sp³-hybridized carbons (Fsp3) is 0.412. The molecule has 0 atom stereocenters. The maximum absolute atomic E-state index is 12.0. The van der Waals surface area contributed by atoms with Gasteiger partial charge in [0.2, 0.25) is 5.91 Å². The Balaban J connectivity index is 2.85. The molecular weight excluding hydrogens is 266 g/mol. The number of carbonyl (C=O) groups is 2. The van der Waals surface area contributed by atoms with Gasteiger partial charge in [0.15, 0.2) is 0 Å². The van der Waals surface area contributed by atoms with Gasteiger partial charge in [-0.2, -0.15) is 0 Å². The summed E-state index contributed by atoms with van der Waals surface area (Å²) < 4.78 is 0. The van der Waals surface area contributed by atoms with E-state index in [4.69, 9.17) is 0 Å². The highest BCUT2D eigenvalue weighted by Crippen LogP contribution is 2.16. The molecule has 0 heterocycles. The number of carboxylic acid groups (broad SMARTS) is 1. The molecule has 0 aromatic heterocycles. The zero-order valence-electron chi connectivity index (χ0n) is 13.1. The minimum Gasteiger partial charge on any atom is -0.480 e. The summed E-state index contributed by atoms with van der Waals surface area (Å²) in [6.45, 7) is 7.50. The van der Waals surface area contributed by atoms with Crippen molar-refractivity contribution in [2.24, 2.45) is 0 Å². The van der Waals surface area contributed by atoms with Crippen LogP contribution in [0.15, 0.2) is 24.3 Å². The second-order valence-electron chi connectivity index (χ2n) is 5.28. The number of hydrogen-bond donors (Lipinski definition) is 2. The molecule has 21 heavy (non-hydrogen) atoms. The molecule has 4 heteroatoms. The predicted molar refractivity (Wildman–Crippen MR) is 84.0 cm³/mol. The van der Waals surface area contributed by atoms with Crippen LogP contribution in [0.3, 0.4) is 0 Å². The number of aryl methyl sites for hydroxylation is 2. The van der Waals surface area contributed by atoms with Crippen molar-refractivity contribution >= 4 is 18.0 Å². The minimum absolute atomic E-state index is 0.349. The van der Waals surface area contributed by atoms with Crippen LogP contribution in [0.25, 0.3) is 6.08 Å². The Morgan fingerprint density at radius 2 is 1.86 bits per heavy atom. The van der Waals surface area contributed by atoms with Gasteiger partial charge in [-0.05, 0) is 43.9 Å². The summed E-state index contributed by atoms with van der Waals surface area (Å²) in [6, 6.07) is 5.96. The summed E-state index contributed by atoms with van der Waals surface area (Å²) >= 11 is 0. The molecule has 0 saturated heterocycles. The molecule has 0 saturated carbocycles. The van der Waals surface area contributed by atoms with Gasteiger partial charge < -0.3 is 10.4 Å². The Kier molecular flexibility index (Phi) is 5.70. The van der Waals surface area contributed by atoms with E-state index in [2.05, 4.69) is 5.32 Å². The summed E-state index contributed by atoms with van der Waals surface area (Å²) in [5.41, 5.74) is 2.00. The number of benzene rings is 1. The van der Waals surface area contributed by atoms with Crippen LogP contribution in [-0.4, -0.2) is 22.5 Å². The molecule has 1 rings (SSSR count). The van der Waals surface area contributed by atoms with Gasteiger partial charge in [-0.15, -0.1) is 0 Å². The van der Waals surface area contributed by atoms with E-state index >= 15 is 0 Å². The van der Waals surface area contributed by atoms with Crippen LogP contribution >= 0.6 is 0 Å². The van der Waals surface area contributed by atoms with Crippen LogP contribution in [0.5, 0.6) is 0 Å². The molecule has 0 fully saturated rings. The Morgan fingerprint density at radius 1 is 1.24 bits per heavy atom. The monoisotopic (exact) mass is 289 g/mol. The maximum atomic E-state index is 12.0. The lowest BCUT2D eigenvalue weighted by Gasteiger charge is -2.27. The van der Waals surface area contributed by atoms with E-state index in [0.717, 1.165) is 16.7 Å². The summed E-state index contributed by atoms with van der Waals surface area (Å²) in [4.78, 5) is 23.3. The SMILES string of the molecule is CCC(CC)(NC(=O)C=Cc1ccc(C)cc1C)C(=O)O. The van der Waals surface area contributed by atoms with E-state index in [-0.39, 0.29) is 5.91 Å². The molecule has 1 aromatic rings. The zero-order chi connectivity index (χ0) is 16.0. The zero-order valence-corrected chi connectivity index (χ0v) is 13.1. The third-order valence-corrected chi connectivity index (χ3v) is 3.82. The molecule has 0 aliphatic carbocycles. The van der Waals surface area contributed by atoms with Crippen LogP contribution in [0, 0.1) is 13.8 Å². The van der Waals surface area contributed by atoms with Gasteiger partial charge in [0.25, 0.3) is 0 Å². The fourth-order valence-electron chi connectivity index (χ4n) is 2.24. The topological polar surface area (TPSA) is 66.4 Å². The van der Waals surface area contributed by atoms with Crippen LogP contribution in [0.2, 0.25) is 0 Å². The molecule has 2 N–H and O–H groups in total. The van der Waals surface area contributed by atoms with Gasteiger partial charge in [0, 0.05) is 6.08 Å². The quantitative estimate of drug-likeness (QED) is 0.791. The second-order valence-corrected chi connectivity index (χ2v) is 5.28. The predicted octanol–water partition coefficient (Wildman–Crippen LogP) is 3.08. The van der Waals surface area contributed by atoms with Crippen LogP contribution in [0.1, 0.15) is 43.4 Å². The Labute approximate surface area is 125 Å². The molecule has 0 aliphatic heterocycles. The molecular formula is C17H23NO3. The first-order chi connectivity index (χ1) is 9.84. The summed E-state index contributed by atoms with van der Waals surface area (Å²) in [5.74, 6) is -1.39. The first kappa shape index (κ1) is 17.0. The highest BCUT2D eigenvalue weighted by molar-refractivity contribution is 5.95. The Hall–Kier alpha value is -2.10. The molecule has 114 valence electrons. The number of rotatable bonds is 6. The van der Waals surface area contributed by atoms with Crippen molar-refractivity contribution in [2.75, 3.05) is 0 Å². The molecule has 0 unspecified atom stereocenters. The van der Waals surface area contributed by atoms with Crippen LogP contribution in [0.4, 0.5) is 0 Å². The molecule has 1 amide bonds. The largest absolute Gasteiger partial charge is 0.480 e. The van der Waals surface area contributed by atoms with Crippen molar-refractivity contribution in [3.63, 3.8) is 0 Å². The van der Waals surface area contributed by atoms with Crippen molar-refractivity contribution in [1.82, 2.24) is 5.32 Å². The number of carbonyl (C=O) groups excluding carboxylic acids is 1. The van der Waals surface area contributed by atoms with Gasteiger partial charge in [0.05, 0.1) is 0 Å². The lowest BCUT2D eigenvalue weighted by molar-refractivity contribution is -0.147. The summed E-state index contributed by atoms with van der Waals surface area (Å²) in [6.07, 6.45) is 3.80. The Bertz CT molecular complexity index is 557. The maximum Gasteiger partial charge on any atom is 0.329 e. The third-order valence-electron chi connectivity index (χ3n) is 3.82. The number of carboxylic acids is 1. The van der Waals surface area contributed by atoms with Gasteiger partial charge in [-0.25, -0.2) is 4.79 Å². The molecule has 4 nitrogen and oxygen atoms in total. The third kappa shape index (κ3) is 4.18. The van der Waals surface area contributed by atoms with Crippen LogP contribution in [-0.2, 0) is 9.59 Å².